The van der Waals surface area contributed by atoms with Gasteiger partial charge in [0.25, 0.3) is 0 Å². The van der Waals surface area contributed by atoms with Gasteiger partial charge in [-0.1, -0.05) is 18.5 Å². The van der Waals surface area contributed by atoms with Crippen molar-refractivity contribution in [2.75, 3.05) is 5.73 Å². The quantitative estimate of drug-likeness (QED) is 0.782. The molecule has 19 heavy (non-hydrogen) atoms. The Labute approximate surface area is 115 Å². The lowest BCUT2D eigenvalue weighted by molar-refractivity contribution is 0.746. The first-order valence-electron chi connectivity index (χ1n) is 6.06. The van der Waals surface area contributed by atoms with Crippen LogP contribution < -0.4 is 5.73 Å². The average molecular weight is 276 g/mol. The molecule has 3 heterocycles. The Bertz CT molecular complexity index is 756. The highest BCUT2D eigenvalue weighted by Gasteiger charge is 2.16. The minimum Gasteiger partial charge on any atom is -0.383 e. The summed E-state index contributed by atoms with van der Waals surface area (Å²) in [7, 11) is 1.89. The van der Waals surface area contributed by atoms with Crippen molar-refractivity contribution in [2.24, 2.45) is 7.05 Å². The van der Waals surface area contributed by atoms with Crippen LogP contribution in [0.5, 0.6) is 0 Å². The summed E-state index contributed by atoms with van der Waals surface area (Å²) in [5.41, 5.74) is 9.68. The van der Waals surface area contributed by atoms with Gasteiger partial charge in [0.05, 0.1) is 10.7 Å². The number of imidazole rings is 1. The number of halogens is 1. The second-order valence-corrected chi connectivity index (χ2v) is 4.87. The Morgan fingerprint density at radius 1 is 1.32 bits per heavy atom. The molecular formula is C13H14ClN5. The number of nitrogens with two attached hydrogens (primary N) is 1. The number of nitrogen functional groups attached to an aromatic ring is 1. The van der Waals surface area contributed by atoms with Gasteiger partial charge in [0.1, 0.15) is 17.2 Å². The topological polar surface area (TPSA) is 61.1 Å². The minimum atomic E-state index is 0.584. The normalized spacial score (nSPS) is 11.3. The summed E-state index contributed by atoms with van der Waals surface area (Å²) in [6, 6.07) is 3.65. The van der Waals surface area contributed by atoms with E-state index in [0.717, 1.165) is 29.0 Å². The standard InChI is InChI=1S/C13H14ClN5/c1-3-10-9(7-18(2)17-10)12-13(15)19-6-8(14)4-5-11(19)16-12/h4-7H,3,15H2,1-2H3. The van der Waals surface area contributed by atoms with Gasteiger partial charge in [0.15, 0.2) is 0 Å². The molecule has 0 fully saturated rings. The molecule has 0 aliphatic heterocycles. The van der Waals surface area contributed by atoms with Gasteiger partial charge in [0.2, 0.25) is 0 Å². The first-order valence-corrected chi connectivity index (χ1v) is 6.44. The summed E-state index contributed by atoms with van der Waals surface area (Å²) in [6.07, 6.45) is 4.55. The van der Waals surface area contributed by atoms with Crippen molar-refractivity contribution in [1.29, 1.82) is 0 Å². The number of aromatic nitrogens is 4. The lowest BCUT2D eigenvalue weighted by Gasteiger charge is -1.98. The van der Waals surface area contributed by atoms with Crippen LogP contribution in [0.2, 0.25) is 5.02 Å². The molecular weight excluding hydrogens is 262 g/mol. The largest absolute Gasteiger partial charge is 0.383 e. The maximum absolute atomic E-state index is 6.18. The van der Waals surface area contributed by atoms with E-state index in [0.29, 0.717) is 10.8 Å². The third kappa shape index (κ3) is 1.86. The molecule has 2 N–H and O–H groups in total. The Morgan fingerprint density at radius 2 is 2.11 bits per heavy atom. The molecule has 0 aromatic carbocycles. The Morgan fingerprint density at radius 3 is 2.84 bits per heavy atom. The van der Waals surface area contributed by atoms with Gasteiger partial charge >= 0.3 is 0 Å². The zero-order valence-electron chi connectivity index (χ0n) is 10.8. The summed E-state index contributed by atoms with van der Waals surface area (Å²) < 4.78 is 3.58. The SMILES string of the molecule is CCc1nn(C)cc1-c1nc2ccc(Cl)cn2c1N. The van der Waals surface area contributed by atoms with E-state index in [-0.39, 0.29) is 0 Å². The molecule has 5 nitrogen and oxygen atoms in total. The van der Waals surface area contributed by atoms with Gasteiger partial charge in [-0.3, -0.25) is 9.08 Å². The number of fused-ring (bicyclic) bond motifs is 1. The second kappa shape index (κ2) is 4.28. The van der Waals surface area contributed by atoms with E-state index in [1.807, 2.05) is 19.3 Å². The molecule has 0 saturated carbocycles. The van der Waals surface area contributed by atoms with Gasteiger partial charge in [-0.05, 0) is 18.6 Å². The second-order valence-electron chi connectivity index (χ2n) is 4.44. The monoisotopic (exact) mass is 275 g/mol. The van der Waals surface area contributed by atoms with Crippen molar-refractivity contribution in [3.63, 3.8) is 0 Å². The predicted octanol–water partition coefficient (Wildman–Crippen LogP) is 2.53. The molecule has 3 aromatic heterocycles. The number of aryl methyl sites for hydroxylation is 2. The van der Waals surface area contributed by atoms with E-state index < -0.39 is 0 Å². The number of pyridine rings is 1. The van der Waals surface area contributed by atoms with Gasteiger partial charge < -0.3 is 5.73 Å². The number of anilines is 1. The summed E-state index contributed by atoms with van der Waals surface area (Å²) >= 11 is 5.99. The molecule has 0 spiro atoms. The fraction of sp³-hybridized carbons (Fsp3) is 0.231. The minimum absolute atomic E-state index is 0.584. The highest BCUT2D eigenvalue weighted by atomic mass is 35.5. The van der Waals surface area contributed by atoms with Crippen LogP contribution in [0.3, 0.4) is 0 Å². The molecule has 0 amide bonds. The molecule has 0 bridgehead atoms. The van der Waals surface area contributed by atoms with E-state index in [1.54, 1.807) is 21.3 Å². The van der Waals surface area contributed by atoms with Crippen molar-refractivity contribution in [2.45, 2.75) is 13.3 Å². The molecule has 0 saturated heterocycles. The third-order valence-electron chi connectivity index (χ3n) is 3.11. The summed E-state index contributed by atoms with van der Waals surface area (Å²) in [6.45, 7) is 2.06. The molecule has 3 aromatic rings. The van der Waals surface area contributed by atoms with Crippen molar-refractivity contribution in [1.82, 2.24) is 19.2 Å². The number of hydrogen-bond acceptors (Lipinski definition) is 3. The van der Waals surface area contributed by atoms with E-state index >= 15 is 0 Å². The molecule has 0 atom stereocenters. The highest BCUT2D eigenvalue weighted by Crippen LogP contribution is 2.29. The highest BCUT2D eigenvalue weighted by molar-refractivity contribution is 6.30. The van der Waals surface area contributed by atoms with Crippen LogP contribution in [-0.2, 0) is 13.5 Å². The van der Waals surface area contributed by atoms with Crippen LogP contribution in [0.25, 0.3) is 16.9 Å². The first-order chi connectivity index (χ1) is 9.10. The zero-order chi connectivity index (χ0) is 13.6. The molecule has 0 aliphatic rings. The summed E-state index contributed by atoms with van der Waals surface area (Å²) in [5.74, 6) is 0.584. The van der Waals surface area contributed by atoms with E-state index in [4.69, 9.17) is 17.3 Å². The lowest BCUT2D eigenvalue weighted by atomic mass is 10.1. The maximum Gasteiger partial charge on any atom is 0.139 e. The van der Waals surface area contributed by atoms with Crippen LogP contribution in [0.1, 0.15) is 12.6 Å². The molecule has 98 valence electrons. The van der Waals surface area contributed by atoms with Gasteiger partial charge in [-0.25, -0.2) is 4.98 Å². The molecule has 0 radical (unpaired) electrons. The lowest BCUT2D eigenvalue weighted by Crippen LogP contribution is -1.94. The van der Waals surface area contributed by atoms with E-state index in [1.165, 1.54) is 0 Å². The smallest absolute Gasteiger partial charge is 0.139 e. The van der Waals surface area contributed by atoms with Crippen molar-refractivity contribution < 1.29 is 0 Å². The van der Waals surface area contributed by atoms with Gasteiger partial charge in [-0.15, -0.1) is 0 Å². The van der Waals surface area contributed by atoms with Crippen LogP contribution in [-0.4, -0.2) is 19.2 Å². The van der Waals surface area contributed by atoms with Crippen molar-refractivity contribution in [3.05, 3.63) is 35.2 Å². The molecule has 3 rings (SSSR count). The zero-order valence-corrected chi connectivity index (χ0v) is 11.5. The first kappa shape index (κ1) is 12.0. The average Bonchev–Trinajstić information content (AvgIpc) is 2.91. The van der Waals surface area contributed by atoms with Crippen molar-refractivity contribution >= 4 is 23.1 Å². The summed E-state index contributed by atoms with van der Waals surface area (Å²) in [4.78, 5) is 4.57. The van der Waals surface area contributed by atoms with Gasteiger partial charge in [0, 0.05) is 25.0 Å². The predicted molar refractivity (Wildman–Crippen MR) is 76.2 cm³/mol. The summed E-state index contributed by atoms with van der Waals surface area (Å²) in [5, 5.41) is 5.05. The third-order valence-corrected chi connectivity index (χ3v) is 3.34. The van der Waals surface area contributed by atoms with Crippen LogP contribution in [0, 0.1) is 0 Å². The fourth-order valence-corrected chi connectivity index (χ4v) is 2.39. The Balaban J connectivity index is 2.27. The Hall–Kier alpha value is -2.01. The van der Waals surface area contributed by atoms with E-state index in [2.05, 4.69) is 17.0 Å². The molecule has 6 heteroatoms. The fourth-order valence-electron chi connectivity index (χ4n) is 2.23. The number of hydrogen-bond donors (Lipinski definition) is 1. The molecule has 0 unspecified atom stereocenters. The van der Waals surface area contributed by atoms with Crippen molar-refractivity contribution in [3.8, 4) is 11.3 Å². The van der Waals surface area contributed by atoms with E-state index in [9.17, 15) is 0 Å². The number of nitrogens with zero attached hydrogens (tertiary/aromatic N) is 4. The van der Waals surface area contributed by atoms with Crippen LogP contribution in [0.4, 0.5) is 5.82 Å². The molecule has 0 aliphatic carbocycles. The Kier molecular flexibility index (Phi) is 2.71. The maximum atomic E-state index is 6.18. The van der Waals surface area contributed by atoms with Gasteiger partial charge in [-0.2, -0.15) is 5.10 Å². The van der Waals surface area contributed by atoms with Crippen LogP contribution in [0.15, 0.2) is 24.5 Å². The number of rotatable bonds is 2. The van der Waals surface area contributed by atoms with Crippen LogP contribution >= 0.6 is 11.6 Å².